The number of carboxylic acid groups (broad SMARTS) is 1. The Labute approximate surface area is 100 Å². The zero-order valence-corrected chi connectivity index (χ0v) is 9.59. The third-order valence-electron chi connectivity index (χ3n) is 2.62. The minimum atomic E-state index is -1.10. The summed E-state index contributed by atoms with van der Waals surface area (Å²) in [7, 11) is 1.75. The van der Waals surface area contributed by atoms with Crippen LogP contribution in [0.25, 0.3) is 0 Å². The van der Waals surface area contributed by atoms with Crippen LogP contribution in [0.2, 0.25) is 6.32 Å². The number of carbonyl (C=O) groups excluding carboxylic acids is 1. The quantitative estimate of drug-likeness (QED) is 0.508. The van der Waals surface area contributed by atoms with Crippen LogP contribution in [0.4, 0.5) is 10.5 Å². The summed E-state index contributed by atoms with van der Waals surface area (Å²) in [6.45, 7) is -1.03. The molecule has 1 atom stereocenters. The number of hydrogen-bond acceptors (Lipinski definition) is 4. The predicted molar refractivity (Wildman–Crippen MR) is 67.6 cm³/mol. The van der Waals surface area contributed by atoms with Gasteiger partial charge in [0.25, 0.3) is 5.87 Å². The molecule has 0 saturated carbocycles. The molecular weight excluding hydrogens is 219 g/mol. The molecule has 1 rings (SSSR count). The normalized spacial score (nSPS) is 11.6. The van der Waals surface area contributed by atoms with E-state index < -0.39 is 18.6 Å². The smallest absolute Gasteiger partial charge is 0.354 e. The van der Waals surface area contributed by atoms with Crippen LogP contribution in [0.3, 0.4) is 0 Å². The van der Waals surface area contributed by atoms with Crippen molar-refractivity contribution in [3.8, 4) is 0 Å². The van der Waals surface area contributed by atoms with E-state index in [-0.39, 0.29) is 6.32 Å². The number of benzene rings is 1. The maximum atomic E-state index is 11.1. The highest BCUT2D eigenvalue weighted by atomic mass is 16.4. The van der Waals surface area contributed by atoms with Crippen molar-refractivity contribution in [3.05, 3.63) is 29.8 Å². The molecular formula is C11H15BN2O3. The summed E-state index contributed by atoms with van der Waals surface area (Å²) in [6, 6.07) is 7.27. The lowest BCUT2D eigenvalue weighted by molar-refractivity contribution is -0.108. The van der Waals surface area contributed by atoms with Gasteiger partial charge in [-0.15, -0.1) is 0 Å². The highest BCUT2D eigenvalue weighted by Gasteiger charge is 2.25. The molecule has 0 saturated heterocycles. The van der Waals surface area contributed by atoms with Crippen LogP contribution in [0.15, 0.2) is 24.3 Å². The van der Waals surface area contributed by atoms with Crippen LogP contribution in [0.5, 0.6) is 0 Å². The first-order valence-corrected chi connectivity index (χ1v) is 5.30. The van der Waals surface area contributed by atoms with Crippen molar-refractivity contribution in [2.75, 3.05) is 12.4 Å². The van der Waals surface area contributed by atoms with E-state index in [1.54, 1.807) is 19.2 Å². The molecule has 0 amide bonds. The van der Waals surface area contributed by atoms with Crippen LogP contribution in [-0.2, 0) is 4.79 Å². The van der Waals surface area contributed by atoms with Gasteiger partial charge in [-0.1, -0.05) is 18.2 Å². The molecule has 17 heavy (non-hydrogen) atoms. The number of para-hydroxylation sites is 1. The van der Waals surface area contributed by atoms with Gasteiger partial charge in [-0.3, -0.25) is 4.79 Å². The summed E-state index contributed by atoms with van der Waals surface area (Å²) in [4.78, 5) is 21.7. The van der Waals surface area contributed by atoms with Gasteiger partial charge < -0.3 is 20.9 Å². The van der Waals surface area contributed by atoms with Crippen molar-refractivity contribution < 1.29 is 14.7 Å². The SMILES string of the molecule is CNc1ccccc1C(C=O)CB(N)C(=O)O. The van der Waals surface area contributed by atoms with Crippen molar-refractivity contribution in [2.24, 2.45) is 5.64 Å². The molecule has 90 valence electrons. The van der Waals surface area contributed by atoms with Gasteiger partial charge in [0, 0.05) is 18.7 Å². The second-order valence-electron chi connectivity index (χ2n) is 3.76. The maximum absolute atomic E-state index is 11.1. The Morgan fingerprint density at radius 2 is 2.24 bits per heavy atom. The molecule has 6 heteroatoms. The first kappa shape index (κ1) is 13.3. The van der Waals surface area contributed by atoms with E-state index in [1.165, 1.54) is 0 Å². The predicted octanol–water partition coefficient (Wildman–Crippen LogP) is 1.22. The second kappa shape index (κ2) is 6.05. The summed E-state index contributed by atoms with van der Waals surface area (Å²) in [5, 5.41) is 11.7. The summed E-state index contributed by atoms with van der Waals surface area (Å²) >= 11 is 0. The van der Waals surface area contributed by atoms with E-state index in [4.69, 9.17) is 10.8 Å². The van der Waals surface area contributed by atoms with Crippen molar-refractivity contribution in [1.29, 1.82) is 0 Å². The van der Waals surface area contributed by atoms with Gasteiger partial charge in [0.15, 0.2) is 0 Å². The highest BCUT2D eigenvalue weighted by molar-refractivity contribution is 6.86. The molecule has 1 unspecified atom stereocenters. The number of anilines is 1. The molecule has 0 radical (unpaired) electrons. The topological polar surface area (TPSA) is 92.4 Å². The Bertz CT molecular complexity index is 411. The van der Waals surface area contributed by atoms with Gasteiger partial charge in [-0.05, 0) is 17.9 Å². The molecule has 1 aromatic carbocycles. The van der Waals surface area contributed by atoms with Crippen LogP contribution in [-0.4, -0.2) is 31.2 Å². The first-order chi connectivity index (χ1) is 8.10. The van der Waals surface area contributed by atoms with Crippen LogP contribution in [0, 0.1) is 0 Å². The summed E-state index contributed by atoms with van der Waals surface area (Å²) in [5.74, 6) is -1.61. The van der Waals surface area contributed by atoms with E-state index in [9.17, 15) is 9.59 Å². The van der Waals surface area contributed by atoms with E-state index in [1.807, 2.05) is 12.1 Å². The molecule has 5 nitrogen and oxygen atoms in total. The average Bonchev–Trinajstić information content (AvgIpc) is 2.35. The largest absolute Gasteiger partial charge is 0.488 e. The Morgan fingerprint density at radius 1 is 1.59 bits per heavy atom. The summed E-state index contributed by atoms with van der Waals surface area (Å²) < 4.78 is 0. The third kappa shape index (κ3) is 3.32. The molecule has 1 aromatic rings. The van der Waals surface area contributed by atoms with Crippen LogP contribution >= 0.6 is 0 Å². The van der Waals surface area contributed by atoms with Gasteiger partial charge in [0.2, 0.25) is 0 Å². The number of aldehydes is 1. The van der Waals surface area contributed by atoms with Crippen LogP contribution in [0.1, 0.15) is 11.5 Å². The molecule has 0 aliphatic rings. The fraction of sp³-hybridized carbons (Fsp3) is 0.273. The summed E-state index contributed by atoms with van der Waals surface area (Å²) in [6.07, 6.45) is 0.830. The van der Waals surface area contributed by atoms with E-state index in [2.05, 4.69) is 5.32 Å². The van der Waals surface area contributed by atoms with Crippen molar-refractivity contribution in [1.82, 2.24) is 0 Å². The molecule has 0 heterocycles. The van der Waals surface area contributed by atoms with Crippen LogP contribution < -0.4 is 11.0 Å². The fourth-order valence-corrected chi connectivity index (χ4v) is 1.68. The van der Waals surface area contributed by atoms with Crippen molar-refractivity contribution in [3.63, 3.8) is 0 Å². The van der Waals surface area contributed by atoms with Crippen molar-refractivity contribution >= 4 is 24.7 Å². The zero-order valence-electron chi connectivity index (χ0n) is 9.59. The molecule has 0 aromatic heterocycles. The molecule has 4 N–H and O–H groups in total. The molecule has 0 spiro atoms. The lowest BCUT2D eigenvalue weighted by Crippen LogP contribution is -2.36. The standard InChI is InChI=1S/C11H15BN2O3/c1-14-10-5-3-2-4-9(10)8(7-15)6-12(13)11(16)17/h2-5,7-8,14H,6,13H2,1H3,(H,16,17). The lowest BCUT2D eigenvalue weighted by Gasteiger charge is -2.15. The number of carbonyl (C=O) groups is 2. The van der Waals surface area contributed by atoms with Gasteiger partial charge in [0.1, 0.15) is 6.29 Å². The number of nitrogens with one attached hydrogen (secondary N) is 1. The minimum Gasteiger partial charge on any atom is -0.488 e. The van der Waals surface area contributed by atoms with Crippen molar-refractivity contribution in [2.45, 2.75) is 12.2 Å². The lowest BCUT2D eigenvalue weighted by atomic mass is 9.57. The molecule has 0 bridgehead atoms. The van der Waals surface area contributed by atoms with Gasteiger partial charge in [0.05, 0.1) is 0 Å². The first-order valence-electron chi connectivity index (χ1n) is 5.30. The van der Waals surface area contributed by atoms with Gasteiger partial charge >= 0.3 is 6.85 Å². The number of nitrogens with two attached hydrogens (primary N) is 1. The number of rotatable bonds is 6. The monoisotopic (exact) mass is 234 g/mol. The molecule has 0 fully saturated rings. The van der Waals surface area contributed by atoms with E-state index in [0.29, 0.717) is 0 Å². The Balaban J connectivity index is 2.93. The Hall–Kier alpha value is -1.82. The van der Waals surface area contributed by atoms with E-state index in [0.717, 1.165) is 17.5 Å². The molecule has 0 aliphatic heterocycles. The maximum Gasteiger partial charge on any atom is 0.354 e. The average molecular weight is 234 g/mol. The second-order valence-corrected chi connectivity index (χ2v) is 3.76. The number of hydrogen-bond donors (Lipinski definition) is 3. The highest BCUT2D eigenvalue weighted by Crippen LogP contribution is 2.26. The Morgan fingerprint density at radius 3 is 2.76 bits per heavy atom. The molecule has 0 aliphatic carbocycles. The minimum absolute atomic E-state index is 0.0948. The van der Waals surface area contributed by atoms with E-state index >= 15 is 0 Å². The Kier molecular flexibility index (Phi) is 4.72. The third-order valence-corrected chi connectivity index (χ3v) is 2.62. The zero-order chi connectivity index (χ0) is 12.8. The fourth-order valence-electron chi connectivity index (χ4n) is 1.68. The van der Waals surface area contributed by atoms with Gasteiger partial charge in [-0.2, -0.15) is 0 Å². The van der Waals surface area contributed by atoms with Gasteiger partial charge in [-0.25, -0.2) is 0 Å². The summed E-state index contributed by atoms with van der Waals surface area (Å²) in [5.41, 5.74) is 7.02.